The molecule has 1 fully saturated rings. The highest BCUT2D eigenvalue weighted by Gasteiger charge is 2.45. The largest absolute Gasteiger partial charge is 0.382 e. The number of halogens is 1. The Morgan fingerprint density at radius 3 is 2.64 bits per heavy atom. The van der Waals surface area contributed by atoms with E-state index in [1.165, 1.54) is 22.9 Å². The predicted octanol–water partition coefficient (Wildman–Crippen LogP) is 3.09. The summed E-state index contributed by atoms with van der Waals surface area (Å²) in [7, 11) is 3.51. The van der Waals surface area contributed by atoms with Crippen molar-refractivity contribution < 1.29 is 9.47 Å². The number of ether oxygens (including phenoxy) is 2. The van der Waals surface area contributed by atoms with Gasteiger partial charge in [0.15, 0.2) is 5.96 Å². The number of hydrogen-bond donors (Lipinski definition) is 2. The van der Waals surface area contributed by atoms with Crippen LogP contribution in [0, 0.1) is 0 Å². The zero-order chi connectivity index (χ0) is 18.0. The lowest BCUT2D eigenvalue weighted by Crippen LogP contribution is -2.41. The number of hydrogen-bond acceptors (Lipinski definition) is 3. The summed E-state index contributed by atoms with van der Waals surface area (Å²) in [5, 5.41) is 6.87. The Morgan fingerprint density at radius 1 is 1.16 bits per heavy atom. The van der Waals surface area contributed by atoms with E-state index in [4.69, 9.17) is 9.47 Å². The number of methoxy groups -OCH3 is 1. The van der Waals surface area contributed by atoms with Gasteiger partial charge in [0, 0.05) is 43.7 Å². The van der Waals surface area contributed by atoms with Crippen LogP contribution in [-0.2, 0) is 14.9 Å². The fourth-order valence-corrected chi connectivity index (χ4v) is 3.54. The van der Waals surface area contributed by atoms with Crippen LogP contribution in [0.4, 0.5) is 0 Å². The van der Waals surface area contributed by atoms with E-state index in [-0.39, 0.29) is 5.41 Å². The summed E-state index contributed by atoms with van der Waals surface area (Å²) in [5.41, 5.74) is 1.64. The topological polar surface area (TPSA) is 54.9 Å². The Hall–Kier alpha value is -1.11. The van der Waals surface area contributed by atoms with Gasteiger partial charge >= 0.3 is 0 Å². The van der Waals surface area contributed by atoms with E-state index in [1.54, 1.807) is 7.11 Å². The van der Waals surface area contributed by atoms with Gasteiger partial charge in [-0.2, -0.15) is 0 Å². The molecular formula is C19H30BrN3O2. The van der Waals surface area contributed by atoms with Crippen LogP contribution in [0.15, 0.2) is 33.7 Å². The molecule has 0 saturated heterocycles. The molecule has 0 amide bonds. The minimum Gasteiger partial charge on any atom is -0.382 e. The highest BCUT2D eigenvalue weighted by molar-refractivity contribution is 9.10. The van der Waals surface area contributed by atoms with Gasteiger partial charge in [0.1, 0.15) is 0 Å². The van der Waals surface area contributed by atoms with Gasteiger partial charge in [-0.1, -0.05) is 34.1 Å². The van der Waals surface area contributed by atoms with Crippen LogP contribution in [-0.4, -0.2) is 53.0 Å². The molecule has 140 valence electrons. The summed E-state index contributed by atoms with van der Waals surface area (Å²) in [6.07, 6.45) is 4.54. The zero-order valence-corrected chi connectivity index (χ0v) is 16.9. The second kappa shape index (κ2) is 10.8. The van der Waals surface area contributed by atoms with Crippen LogP contribution < -0.4 is 10.6 Å². The van der Waals surface area contributed by atoms with Crippen molar-refractivity contribution in [2.45, 2.75) is 31.1 Å². The van der Waals surface area contributed by atoms with Crippen molar-refractivity contribution in [1.82, 2.24) is 10.6 Å². The standard InChI is InChI=1S/C19H30BrN3O2/c1-21-18(22-11-5-6-12-25-14-13-24-2)23-15-19(9-10-19)16-7-3-4-8-17(16)20/h3-4,7-8H,5-6,9-15H2,1-2H3,(H2,21,22,23). The molecule has 0 atom stereocenters. The molecule has 0 aliphatic heterocycles. The van der Waals surface area contributed by atoms with Gasteiger partial charge in [0.05, 0.1) is 13.2 Å². The Bertz CT molecular complexity index is 547. The number of rotatable bonds is 11. The van der Waals surface area contributed by atoms with Gasteiger partial charge in [-0.25, -0.2) is 0 Å². The minimum absolute atomic E-state index is 0.243. The summed E-state index contributed by atoms with van der Waals surface area (Å²) < 4.78 is 11.6. The van der Waals surface area contributed by atoms with Crippen molar-refractivity contribution >= 4 is 21.9 Å². The fraction of sp³-hybridized carbons (Fsp3) is 0.632. The van der Waals surface area contributed by atoms with E-state index < -0.39 is 0 Å². The van der Waals surface area contributed by atoms with E-state index in [1.807, 2.05) is 7.05 Å². The predicted molar refractivity (Wildman–Crippen MR) is 106 cm³/mol. The average molecular weight is 412 g/mol. The van der Waals surface area contributed by atoms with Gasteiger partial charge < -0.3 is 20.1 Å². The quantitative estimate of drug-likeness (QED) is 0.333. The van der Waals surface area contributed by atoms with E-state index in [0.29, 0.717) is 13.2 Å². The summed E-state index contributed by atoms with van der Waals surface area (Å²) in [5.74, 6) is 0.874. The summed E-state index contributed by atoms with van der Waals surface area (Å²) in [6.45, 7) is 3.92. The van der Waals surface area contributed by atoms with Crippen LogP contribution in [0.2, 0.25) is 0 Å². The second-order valence-electron chi connectivity index (χ2n) is 6.42. The van der Waals surface area contributed by atoms with Gasteiger partial charge in [-0.3, -0.25) is 4.99 Å². The summed E-state index contributed by atoms with van der Waals surface area (Å²) >= 11 is 3.68. The Labute approximate surface area is 159 Å². The van der Waals surface area contributed by atoms with Crippen LogP contribution in [0.5, 0.6) is 0 Å². The fourth-order valence-electron chi connectivity index (χ4n) is 2.84. The molecule has 1 saturated carbocycles. The number of nitrogens with one attached hydrogen (secondary N) is 2. The van der Waals surface area contributed by atoms with E-state index in [9.17, 15) is 0 Å². The van der Waals surface area contributed by atoms with Crippen LogP contribution in [0.3, 0.4) is 0 Å². The molecule has 6 heteroatoms. The number of unbranched alkanes of at least 4 members (excludes halogenated alkanes) is 1. The molecule has 25 heavy (non-hydrogen) atoms. The minimum atomic E-state index is 0.243. The Balaban J connectivity index is 1.65. The van der Waals surface area contributed by atoms with Crippen molar-refractivity contribution in [1.29, 1.82) is 0 Å². The van der Waals surface area contributed by atoms with Crippen molar-refractivity contribution in [3.63, 3.8) is 0 Å². The lowest BCUT2D eigenvalue weighted by molar-refractivity contribution is 0.0689. The lowest BCUT2D eigenvalue weighted by atomic mass is 9.96. The van der Waals surface area contributed by atoms with Crippen LogP contribution in [0.25, 0.3) is 0 Å². The first-order valence-electron chi connectivity index (χ1n) is 8.98. The number of guanidine groups is 1. The van der Waals surface area contributed by atoms with Crippen molar-refractivity contribution in [2.24, 2.45) is 4.99 Å². The molecule has 0 heterocycles. The summed E-state index contributed by atoms with van der Waals surface area (Å²) in [4.78, 5) is 4.33. The van der Waals surface area contributed by atoms with Gasteiger partial charge in [-0.15, -0.1) is 0 Å². The first-order chi connectivity index (χ1) is 12.2. The molecule has 2 rings (SSSR count). The first-order valence-corrected chi connectivity index (χ1v) is 9.77. The van der Waals surface area contributed by atoms with Gasteiger partial charge in [-0.05, 0) is 37.3 Å². The molecule has 0 radical (unpaired) electrons. The number of nitrogens with zero attached hydrogens (tertiary/aromatic N) is 1. The molecule has 0 spiro atoms. The maximum Gasteiger partial charge on any atom is 0.191 e. The third-order valence-corrected chi connectivity index (χ3v) is 5.25. The maximum absolute atomic E-state index is 5.46. The van der Waals surface area contributed by atoms with E-state index in [2.05, 4.69) is 55.8 Å². The average Bonchev–Trinajstić information content (AvgIpc) is 3.41. The SMILES string of the molecule is CN=C(NCCCCOCCOC)NCC1(c2ccccc2Br)CC1. The highest BCUT2D eigenvalue weighted by atomic mass is 79.9. The Morgan fingerprint density at radius 2 is 1.96 bits per heavy atom. The number of benzene rings is 1. The molecule has 1 aromatic rings. The molecule has 2 N–H and O–H groups in total. The monoisotopic (exact) mass is 411 g/mol. The molecule has 0 aromatic heterocycles. The second-order valence-corrected chi connectivity index (χ2v) is 7.28. The van der Waals surface area contributed by atoms with E-state index in [0.717, 1.165) is 38.5 Å². The molecule has 0 bridgehead atoms. The van der Waals surface area contributed by atoms with Crippen molar-refractivity contribution in [3.8, 4) is 0 Å². The van der Waals surface area contributed by atoms with Crippen LogP contribution >= 0.6 is 15.9 Å². The van der Waals surface area contributed by atoms with Crippen molar-refractivity contribution in [3.05, 3.63) is 34.3 Å². The smallest absolute Gasteiger partial charge is 0.191 e. The van der Waals surface area contributed by atoms with Crippen LogP contribution in [0.1, 0.15) is 31.2 Å². The molecule has 0 unspecified atom stereocenters. The maximum atomic E-state index is 5.46. The normalized spacial score (nSPS) is 15.9. The third-order valence-electron chi connectivity index (χ3n) is 4.56. The molecule has 1 aliphatic carbocycles. The lowest BCUT2D eigenvalue weighted by Gasteiger charge is -2.20. The number of aliphatic imine (C=N–C) groups is 1. The van der Waals surface area contributed by atoms with Gasteiger partial charge in [0.25, 0.3) is 0 Å². The molecular weight excluding hydrogens is 382 g/mol. The third kappa shape index (κ3) is 6.60. The van der Waals surface area contributed by atoms with E-state index >= 15 is 0 Å². The van der Waals surface area contributed by atoms with Crippen molar-refractivity contribution in [2.75, 3.05) is 47.1 Å². The van der Waals surface area contributed by atoms with Gasteiger partial charge in [0.2, 0.25) is 0 Å². The highest BCUT2D eigenvalue weighted by Crippen LogP contribution is 2.49. The zero-order valence-electron chi connectivity index (χ0n) is 15.3. The Kier molecular flexibility index (Phi) is 8.72. The molecule has 1 aromatic carbocycles. The molecule has 1 aliphatic rings. The summed E-state index contributed by atoms with van der Waals surface area (Å²) in [6, 6.07) is 8.52. The molecule has 5 nitrogen and oxygen atoms in total. The first kappa shape index (κ1) is 20.2.